The van der Waals surface area contributed by atoms with Crippen LogP contribution in [0.15, 0.2) is 41.9 Å². The van der Waals surface area contributed by atoms with Gasteiger partial charge in [-0.3, -0.25) is 15.1 Å². The van der Waals surface area contributed by atoms with Gasteiger partial charge in [0.25, 0.3) is 0 Å². The zero-order chi connectivity index (χ0) is 22.1. The van der Waals surface area contributed by atoms with Gasteiger partial charge in [-0.05, 0) is 30.7 Å². The van der Waals surface area contributed by atoms with E-state index in [4.69, 9.17) is 23.2 Å². The molecule has 2 aliphatic heterocycles. The highest BCUT2D eigenvalue weighted by Gasteiger charge is 2.29. The zero-order valence-electron chi connectivity index (χ0n) is 17.2. The Morgan fingerprint density at radius 1 is 1.19 bits per heavy atom. The number of nitrogens with zero attached hydrogens (tertiary/aromatic N) is 3. The van der Waals surface area contributed by atoms with Crippen molar-refractivity contribution >= 4 is 34.9 Å². The molecule has 0 spiro atoms. The molecule has 1 N–H and O–H groups in total. The molecular formula is C23H23Cl2FN4O. The second-order valence-electron chi connectivity index (χ2n) is 7.59. The molecule has 1 saturated heterocycles. The minimum Gasteiger partial charge on any atom is -0.353 e. The average Bonchev–Trinajstić information content (AvgIpc) is 2.98. The van der Waals surface area contributed by atoms with Gasteiger partial charge in [-0.25, -0.2) is 4.39 Å². The third-order valence-electron chi connectivity index (χ3n) is 5.74. The van der Waals surface area contributed by atoms with Crippen molar-refractivity contribution in [3.05, 3.63) is 69.5 Å². The van der Waals surface area contributed by atoms with Crippen molar-refractivity contribution in [2.45, 2.75) is 13.5 Å². The lowest BCUT2D eigenvalue weighted by Gasteiger charge is -2.36. The lowest BCUT2D eigenvalue weighted by atomic mass is 9.94. The summed E-state index contributed by atoms with van der Waals surface area (Å²) in [4.78, 5) is 20.4. The smallest absolute Gasteiger partial charge is 0.246 e. The summed E-state index contributed by atoms with van der Waals surface area (Å²) in [6.07, 6.45) is 1.32. The standard InChI is InChI=1S/C23H23Cl2FN4O/c1-3-19(31)29-7-9-30(10-8-29)23-15-11-18(25)21(20-14(2)5-4-6-17(20)24)22(26)16(15)12-27-13-28-23/h3-6,11,27H,1,7-10,12-13H2,2H3. The number of hydrogen-bond acceptors (Lipinski definition) is 4. The quantitative estimate of drug-likeness (QED) is 0.681. The highest BCUT2D eigenvalue weighted by Crippen LogP contribution is 2.40. The summed E-state index contributed by atoms with van der Waals surface area (Å²) in [7, 11) is 0. The number of benzene rings is 2. The molecule has 2 heterocycles. The fourth-order valence-electron chi connectivity index (χ4n) is 4.14. The van der Waals surface area contributed by atoms with Crippen molar-refractivity contribution in [3.63, 3.8) is 0 Å². The highest BCUT2D eigenvalue weighted by molar-refractivity contribution is 6.37. The maximum Gasteiger partial charge on any atom is 0.246 e. The van der Waals surface area contributed by atoms with Crippen LogP contribution in [0.1, 0.15) is 16.7 Å². The highest BCUT2D eigenvalue weighted by atomic mass is 35.5. The van der Waals surface area contributed by atoms with Crippen molar-refractivity contribution in [1.29, 1.82) is 0 Å². The van der Waals surface area contributed by atoms with Gasteiger partial charge in [0.05, 0.1) is 11.7 Å². The Morgan fingerprint density at radius 2 is 1.94 bits per heavy atom. The van der Waals surface area contributed by atoms with Crippen LogP contribution in [0.2, 0.25) is 10.0 Å². The van der Waals surface area contributed by atoms with Crippen LogP contribution in [0.5, 0.6) is 0 Å². The number of nitrogens with one attached hydrogen (secondary N) is 1. The van der Waals surface area contributed by atoms with Gasteiger partial charge >= 0.3 is 0 Å². The first kappa shape index (κ1) is 21.8. The Kier molecular flexibility index (Phi) is 6.32. The average molecular weight is 461 g/mol. The van der Waals surface area contributed by atoms with Crippen molar-refractivity contribution in [1.82, 2.24) is 15.1 Å². The summed E-state index contributed by atoms with van der Waals surface area (Å²) in [5.74, 6) is 0.216. The summed E-state index contributed by atoms with van der Waals surface area (Å²) < 4.78 is 15.9. The van der Waals surface area contributed by atoms with E-state index in [0.29, 0.717) is 77.5 Å². The van der Waals surface area contributed by atoms with E-state index in [-0.39, 0.29) is 11.7 Å². The fourth-order valence-corrected chi connectivity index (χ4v) is 4.75. The second kappa shape index (κ2) is 8.99. The molecule has 5 nitrogen and oxygen atoms in total. The molecule has 0 atom stereocenters. The van der Waals surface area contributed by atoms with Crippen LogP contribution in [0.25, 0.3) is 11.1 Å². The summed E-state index contributed by atoms with van der Waals surface area (Å²) in [6, 6.07) is 7.24. The maximum absolute atomic E-state index is 15.9. The minimum atomic E-state index is -0.388. The molecule has 1 amide bonds. The Bertz CT molecular complexity index is 1060. The monoisotopic (exact) mass is 460 g/mol. The number of carbonyl (C=O) groups excluding carboxylic acids is 1. The van der Waals surface area contributed by atoms with E-state index >= 15 is 4.39 Å². The van der Waals surface area contributed by atoms with Crippen molar-refractivity contribution < 1.29 is 9.18 Å². The van der Waals surface area contributed by atoms with Crippen molar-refractivity contribution in [2.75, 3.05) is 32.8 Å². The van der Waals surface area contributed by atoms with Crippen molar-refractivity contribution in [2.24, 2.45) is 4.99 Å². The number of fused-ring (bicyclic) bond motifs is 1. The molecule has 0 radical (unpaired) electrons. The van der Waals surface area contributed by atoms with Gasteiger partial charge in [0.15, 0.2) is 0 Å². The zero-order valence-corrected chi connectivity index (χ0v) is 18.7. The summed E-state index contributed by atoms with van der Waals surface area (Å²) in [5, 5.41) is 3.92. The number of amidine groups is 1. The van der Waals surface area contributed by atoms with Crippen LogP contribution in [0.4, 0.5) is 4.39 Å². The third-order valence-corrected chi connectivity index (χ3v) is 6.35. The molecule has 0 saturated carbocycles. The first-order chi connectivity index (χ1) is 14.9. The van der Waals surface area contributed by atoms with Gasteiger partial charge in [-0.15, -0.1) is 0 Å². The first-order valence-electron chi connectivity index (χ1n) is 10.1. The molecule has 31 heavy (non-hydrogen) atoms. The maximum atomic E-state index is 15.9. The van der Waals surface area contributed by atoms with Gasteiger partial charge in [-0.1, -0.05) is 41.9 Å². The molecule has 0 unspecified atom stereocenters. The van der Waals surface area contributed by atoms with E-state index in [0.717, 1.165) is 5.56 Å². The second-order valence-corrected chi connectivity index (χ2v) is 8.40. The van der Waals surface area contributed by atoms with E-state index in [1.54, 1.807) is 17.0 Å². The van der Waals surface area contributed by atoms with Crippen LogP contribution in [-0.2, 0) is 11.3 Å². The van der Waals surface area contributed by atoms with E-state index in [1.165, 1.54) is 6.08 Å². The fraction of sp³-hybridized carbons (Fsp3) is 0.304. The molecule has 2 aromatic carbocycles. The normalized spacial score (nSPS) is 16.5. The number of aryl methyl sites for hydroxylation is 1. The van der Waals surface area contributed by atoms with Gasteiger partial charge < -0.3 is 9.80 Å². The Balaban J connectivity index is 1.74. The summed E-state index contributed by atoms with van der Waals surface area (Å²) in [5.41, 5.74) is 2.96. The first-order valence-corrected chi connectivity index (χ1v) is 10.9. The third kappa shape index (κ3) is 4.07. The van der Waals surface area contributed by atoms with Gasteiger partial charge in [-0.2, -0.15) is 0 Å². The van der Waals surface area contributed by atoms with Crippen LogP contribution in [0, 0.1) is 12.7 Å². The molecule has 1 fully saturated rings. The van der Waals surface area contributed by atoms with Gasteiger partial charge in [0.2, 0.25) is 5.91 Å². The molecule has 0 bridgehead atoms. The predicted octanol–water partition coefficient (Wildman–Crippen LogP) is 4.25. The number of halogens is 3. The van der Waals surface area contributed by atoms with E-state index < -0.39 is 0 Å². The molecule has 2 aliphatic rings. The summed E-state index contributed by atoms with van der Waals surface area (Å²) in [6.45, 7) is 8.44. The number of carbonyl (C=O) groups is 1. The number of rotatable bonds is 2. The lowest BCUT2D eigenvalue weighted by molar-refractivity contribution is -0.127. The number of hydrogen-bond donors (Lipinski definition) is 1. The number of piperazine rings is 1. The SMILES string of the molecule is C=CC(=O)N1CCN(C2=NCNCc3c2cc(Cl)c(-c2c(C)cccc2Cl)c3F)CC1. The minimum absolute atomic E-state index is 0.0848. The predicted molar refractivity (Wildman–Crippen MR) is 123 cm³/mol. The number of amides is 1. The molecule has 162 valence electrons. The number of aliphatic imine (C=N–C) groups is 1. The summed E-state index contributed by atoms with van der Waals surface area (Å²) >= 11 is 13.0. The van der Waals surface area contributed by atoms with E-state index in [2.05, 4.69) is 21.8 Å². The Labute approximate surface area is 191 Å². The molecule has 2 aromatic rings. The lowest BCUT2D eigenvalue weighted by Crippen LogP contribution is -2.50. The molecule has 0 aliphatic carbocycles. The van der Waals surface area contributed by atoms with Crippen LogP contribution in [-0.4, -0.2) is 54.4 Å². The topological polar surface area (TPSA) is 47.9 Å². The van der Waals surface area contributed by atoms with Crippen LogP contribution in [0.3, 0.4) is 0 Å². The van der Waals surface area contributed by atoms with Crippen LogP contribution >= 0.6 is 23.2 Å². The molecule has 8 heteroatoms. The molecule has 0 aromatic heterocycles. The molecular weight excluding hydrogens is 438 g/mol. The van der Waals surface area contributed by atoms with Gasteiger partial charge in [0, 0.05) is 60.0 Å². The van der Waals surface area contributed by atoms with Crippen molar-refractivity contribution in [3.8, 4) is 11.1 Å². The Morgan fingerprint density at radius 3 is 2.61 bits per heavy atom. The molecule has 4 rings (SSSR count). The van der Waals surface area contributed by atoms with E-state index in [9.17, 15) is 4.79 Å². The van der Waals surface area contributed by atoms with Gasteiger partial charge in [0.1, 0.15) is 11.7 Å². The largest absolute Gasteiger partial charge is 0.353 e. The Hall–Kier alpha value is -2.41. The van der Waals surface area contributed by atoms with E-state index in [1.807, 2.05) is 19.1 Å². The van der Waals surface area contributed by atoms with Crippen LogP contribution < -0.4 is 5.32 Å².